The number of nitrogens with one attached hydrogen (secondary N) is 1. The molecule has 0 aliphatic rings. The van der Waals surface area contributed by atoms with Crippen LogP contribution < -0.4 is 10.9 Å². The van der Waals surface area contributed by atoms with Gasteiger partial charge in [-0.1, -0.05) is 0 Å². The van der Waals surface area contributed by atoms with Gasteiger partial charge in [0.2, 0.25) is 0 Å². The van der Waals surface area contributed by atoms with Crippen LogP contribution in [0.3, 0.4) is 0 Å². The standard InChI is InChI=1S/C13H19BrN6O/c1-18(2)8-9-20-13(21)12(14)11(10-17-20)15-5-7-19-6-3-4-16-19/h3-4,6,10,15H,5,7-9H2,1-2H3. The number of hydrogen-bond acceptors (Lipinski definition) is 5. The molecule has 0 radical (unpaired) electrons. The molecular weight excluding hydrogens is 336 g/mol. The molecule has 114 valence electrons. The minimum absolute atomic E-state index is 0.124. The maximum Gasteiger partial charge on any atom is 0.283 e. The molecule has 2 rings (SSSR count). The molecule has 2 aromatic rings. The van der Waals surface area contributed by atoms with Crippen molar-refractivity contribution in [1.82, 2.24) is 24.5 Å². The third-order valence-corrected chi connectivity index (χ3v) is 3.73. The second kappa shape index (κ2) is 7.37. The van der Waals surface area contributed by atoms with Gasteiger partial charge >= 0.3 is 0 Å². The van der Waals surface area contributed by atoms with E-state index in [-0.39, 0.29) is 5.56 Å². The summed E-state index contributed by atoms with van der Waals surface area (Å²) in [7, 11) is 3.93. The first-order valence-electron chi connectivity index (χ1n) is 6.69. The maximum atomic E-state index is 12.2. The van der Waals surface area contributed by atoms with Crippen LogP contribution >= 0.6 is 15.9 Å². The summed E-state index contributed by atoms with van der Waals surface area (Å²) in [6.07, 6.45) is 5.31. The molecule has 0 aromatic carbocycles. The summed E-state index contributed by atoms with van der Waals surface area (Å²) in [5.74, 6) is 0. The predicted octanol–water partition coefficient (Wildman–Crippen LogP) is 0.876. The molecule has 0 spiro atoms. The van der Waals surface area contributed by atoms with E-state index in [4.69, 9.17) is 0 Å². The molecule has 2 aromatic heterocycles. The maximum absolute atomic E-state index is 12.2. The van der Waals surface area contributed by atoms with Crippen molar-refractivity contribution in [2.75, 3.05) is 32.5 Å². The molecule has 0 aliphatic carbocycles. The fourth-order valence-electron chi connectivity index (χ4n) is 1.78. The van der Waals surface area contributed by atoms with Gasteiger partial charge in [0.1, 0.15) is 4.47 Å². The smallest absolute Gasteiger partial charge is 0.283 e. The lowest BCUT2D eigenvalue weighted by atomic mass is 10.4. The zero-order valence-corrected chi connectivity index (χ0v) is 13.7. The summed E-state index contributed by atoms with van der Waals surface area (Å²) >= 11 is 3.35. The Kier molecular flexibility index (Phi) is 5.51. The third-order valence-electron chi connectivity index (χ3n) is 2.96. The summed E-state index contributed by atoms with van der Waals surface area (Å²) in [5.41, 5.74) is 0.578. The van der Waals surface area contributed by atoms with Crippen LogP contribution in [0, 0.1) is 0 Å². The molecule has 0 fully saturated rings. The minimum atomic E-state index is -0.124. The van der Waals surface area contributed by atoms with Crippen molar-refractivity contribution in [1.29, 1.82) is 0 Å². The van der Waals surface area contributed by atoms with Gasteiger partial charge in [0.05, 0.1) is 25.0 Å². The van der Waals surface area contributed by atoms with Gasteiger partial charge in [-0.3, -0.25) is 9.48 Å². The highest BCUT2D eigenvalue weighted by atomic mass is 79.9. The molecule has 2 heterocycles. The first-order valence-corrected chi connectivity index (χ1v) is 7.49. The van der Waals surface area contributed by atoms with Crippen molar-refractivity contribution in [2.45, 2.75) is 13.1 Å². The highest BCUT2D eigenvalue weighted by Crippen LogP contribution is 2.15. The van der Waals surface area contributed by atoms with Crippen LogP contribution in [0.2, 0.25) is 0 Å². The van der Waals surface area contributed by atoms with Crippen LogP contribution in [0.1, 0.15) is 0 Å². The number of anilines is 1. The fourth-order valence-corrected chi connectivity index (χ4v) is 2.23. The van der Waals surface area contributed by atoms with Crippen molar-refractivity contribution >= 4 is 21.6 Å². The van der Waals surface area contributed by atoms with Crippen molar-refractivity contribution in [3.8, 4) is 0 Å². The Bertz CT molecular complexity index is 622. The Morgan fingerprint density at radius 2 is 2.14 bits per heavy atom. The number of rotatable bonds is 7. The SMILES string of the molecule is CN(C)CCn1ncc(NCCn2cccn2)c(Br)c1=O. The average Bonchev–Trinajstić information content (AvgIpc) is 2.95. The van der Waals surface area contributed by atoms with Crippen LogP contribution in [0.15, 0.2) is 33.9 Å². The number of nitrogens with zero attached hydrogens (tertiary/aromatic N) is 5. The van der Waals surface area contributed by atoms with Gasteiger partial charge in [-0.15, -0.1) is 0 Å². The molecule has 0 saturated heterocycles. The Morgan fingerprint density at radius 3 is 2.81 bits per heavy atom. The number of halogens is 1. The lowest BCUT2D eigenvalue weighted by Crippen LogP contribution is -2.29. The van der Waals surface area contributed by atoms with Crippen molar-refractivity contribution in [3.63, 3.8) is 0 Å². The van der Waals surface area contributed by atoms with E-state index in [0.29, 0.717) is 23.2 Å². The Labute approximate surface area is 131 Å². The average molecular weight is 355 g/mol. The zero-order valence-electron chi connectivity index (χ0n) is 12.2. The van der Waals surface area contributed by atoms with Crippen LogP contribution in [-0.2, 0) is 13.1 Å². The number of likely N-dealkylation sites (N-methyl/N-ethyl adjacent to an activating group) is 1. The lowest BCUT2D eigenvalue weighted by molar-refractivity contribution is 0.367. The summed E-state index contributed by atoms with van der Waals surface area (Å²) in [5, 5.41) is 11.5. The number of hydrogen-bond donors (Lipinski definition) is 1. The van der Waals surface area contributed by atoms with E-state index in [9.17, 15) is 4.79 Å². The molecule has 1 N–H and O–H groups in total. The van der Waals surface area contributed by atoms with Gasteiger partial charge in [-0.05, 0) is 36.1 Å². The van der Waals surface area contributed by atoms with Gasteiger partial charge in [-0.2, -0.15) is 10.2 Å². The normalized spacial score (nSPS) is 11.0. The summed E-state index contributed by atoms with van der Waals surface area (Å²) in [4.78, 5) is 14.2. The first kappa shape index (κ1) is 15.7. The van der Waals surface area contributed by atoms with Gasteiger partial charge < -0.3 is 10.2 Å². The van der Waals surface area contributed by atoms with Crippen molar-refractivity contribution in [2.24, 2.45) is 0 Å². The molecule has 0 aliphatic heterocycles. The summed E-state index contributed by atoms with van der Waals surface area (Å²) in [6, 6.07) is 1.88. The number of aromatic nitrogens is 4. The van der Waals surface area contributed by atoms with E-state index in [1.54, 1.807) is 12.4 Å². The van der Waals surface area contributed by atoms with E-state index >= 15 is 0 Å². The van der Waals surface area contributed by atoms with Gasteiger partial charge in [-0.25, -0.2) is 4.68 Å². The molecule has 0 unspecified atom stereocenters. The largest absolute Gasteiger partial charge is 0.381 e. The van der Waals surface area contributed by atoms with Gasteiger partial charge in [0.25, 0.3) is 5.56 Å². The fraction of sp³-hybridized carbons (Fsp3) is 0.462. The minimum Gasteiger partial charge on any atom is -0.381 e. The lowest BCUT2D eigenvalue weighted by Gasteiger charge is -2.12. The van der Waals surface area contributed by atoms with Crippen molar-refractivity contribution < 1.29 is 0 Å². The van der Waals surface area contributed by atoms with Gasteiger partial charge in [0, 0.05) is 25.5 Å². The summed E-state index contributed by atoms with van der Waals surface area (Å²) < 4.78 is 3.80. The second-order valence-corrected chi connectivity index (χ2v) is 5.69. The van der Waals surface area contributed by atoms with Crippen LogP contribution in [-0.4, -0.2) is 51.6 Å². The van der Waals surface area contributed by atoms with Crippen LogP contribution in [0.4, 0.5) is 5.69 Å². The molecular formula is C13H19BrN6O. The molecule has 7 nitrogen and oxygen atoms in total. The second-order valence-electron chi connectivity index (χ2n) is 4.90. The van der Waals surface area contributed by atoms with E-state index < -0.39 is 0 Å². The van der Waals surface area contributed by atoms with Crippen LogP contribution in [0.25, 0.3) is 0 Å². The van der Waals surface area contributed by atoms with Crippen molar-refractivity contribution in [3.05, 3.63) is 39.5 Å². The zero-order chi connectivity index (χ0) is 15.2. The Hall–Kier alpha value is -1.67. The highest BCUT2D eigenvalue weighted by molar-refractivity contribution is 9.10. The van der Waals surface area contributed by atoms with E-state index in [0.717, 1.165) is 13.1 Å². The summed E-state index contributed by atoms with van der Waals surface area (Å²) in [6.45, 7) is 2.73. The quantitative estimate of drug-likeness (QED) is 0.799. The molecule has 0 amide bonds. The molecule has 0 bridgehead atoms. The highest BCUT2D eigenvalue weighted by Gasteiger charge is 2.08. The first-order chi connectivity index (χ1) is 10.1. The van der Waals surface area contributed by atoms with Gasteiger partial charge in [0.15, 0.2) is 0 Å². The predicted molar refractivity (Wildman–Crippen MR) is 85.5 cm³/mol. The third kappa shape index (κ3) is 4.40. The molecule has 0 saturated carbocycles. The molecule has 0 atom stereocenters. The Balaban J connectivity index is 1.97. The van der Waals surface area contributed by atoms with E-state index in [1.807, 2.05) is 35.9 Å². The van der Waals surface area contributed by atoms with E-state index in [2.05, 4.69) is 31.4 Å². The molecule has 21 heavy (non-hydrogen) atoms. The Morgan fingerprint density at radius 1 is 1.33 bits per heavy atom. The monoisotopic (exact) mass is 354 g/mol. The van der Waals surface area contributed by atoms with Crippen LogP contribution in [0.5, 0.6) is 0 Å². The van der Waals surface area contributed by atoms with E-state index in [1.165, 1.54) is 4.68 Å². The molecule has 8 heteroatoms. The topological polar surface area (TPSA) is 68.0 Å².